The first kappa shape index (κ1) is 34.4. The topological polar surface area (TPSA) is 290 Å². The van der Waals surface area contributed by atoms with Gasteiger partial charge in [0.2, 0.25) is 17.7 Å². The number of thioether (sulfide) groups is 1. The van der Waals surface area contributed by atoms with E-state index in [9.17, 15) is 33.9 Å². The van der Waals surface area contributed by atoms with Gasteiger partial charge in [-0.15, -0.1) is 0 Å². The Hall–Kier alpha value is -3.60. The first-order chi connectivity index (χ1) is 17.8. The van der Waals surface area contributed by atoms with E-state index in [4.69, 9.17) is 27.4 Å². The fraction of sp³-hybridized carbons (Fsp3) is 0.667. The van der Waals surface area contributed by atoms with Crippen LogP contribution in [0.2, 0.25) is 0 Å². The maximum absolute atomic E-state index is 12.9. The maximum Gasteiger partial charge on any atom is 0.326 e. The van der Waals surface area contributed by atoms with E-state index < -0.39 is 72.6 Å². The summed E-state index contributed by atoms with van der Waals surface area (Å²) in [5.74, 6) is -6.21. The molecule has 12 N–H and O–H groups in total. The zero-order chi connectivity index (χ0) is 29.3. The van der Waals surface area contributed by atoms with Crippen LogP contribution in [0.4, 0.5) is 0 Å². The van der Waals surface area contributed by atoms with Gasteiger partial charge in [0.25, 0.3) is 0 Å². The van der Waals surface area contributed by atoms with Crippen LogP contribution in [0, 0.1) is 0 Å². The highest BCUT2D eigenvalue weighted by molar-refractivity contribution is 7.98. The number of aliphatic carboxylic acids is 3. The second-order valence-electron chi connectivity index (χ2n) is 8.22. The van der Waals surface area contributed by atoms with Gasteiger partial charge in [-0.05, 0) is 44.1 Å². The average Bonchev–Trinajstić information content (AvgIpc) is 2.83. The highest BCUT2D eigenvalue weighted by Crippen LogP contribution is 2.07. The molecule has 216 valence electrons. The van der Waals surface area contributed by atoms with Crippen LogP contribution >= 0.6 is 11.8 Å². The molecule has 4 atom stereocenters. The number of carboxylic acid groups (broad SMARTS) is 3. The number of nitrogens with two attached hydrogens (primary N) is 3. The number of hydrogen-bond donors (Lipinski definition) is 9. The lowest BCUT2D eigenvalue weighted by molar-refractivity contribution is -0.143. The molecule has 38 heavy (non-hydrogen) atoms. The highest BCUT2D eigenvalue weighted by atomic mass is 32.2. The van der Waals surface area contributed by atoms with Crippen LogP contribution in [0.3, 0.4) is 0 Å². The summed E-state index contributed by atoms with van der Waals surface area (Å²) in [6, 6.07) is -5.25. The summed E-state index contributed by atoms with van der Waals surface area (Å²) in [4.78, 5) is 75.6. The van der Waals surface area contributed by atoms with Crippen molar-refractivity contribution in [3.8, 4) is 0 Å². The van der Waals surface area contributed by atoms with E-state index in [1.165, 1.54) is 11.8 Å². The fourth-order valence-electron chi connectivity index (χ4n) is 3.04. The molecule has 0 aliphatic carbocycles. The van der Waals surface area contributed by atoms with Gasteiger partial charge in [0, 0.05) is 19.4 Å². The predicted molar refractivity (Wildman–Crippen MR) is 138 cm³/mol. The number of nitrogens with zero attached hydrogens (tertiary/aromatic N) is 1. The smallest absolute Gasteiger partial charge is 0.326 e. The summed E-state index contributed by atoms with van der Waals surface area (Å²) in [7, 11) is 0. The largest absolute Gasteiger partial charge is 0.481 e. The van der Waals surface area contributed by atoms with E-state index >= 15 is 0 Å². The minimum absolute atomic E-state index is 0.0835. The van der Waals surface area contributed by atoms with Crippen molar-refractivity contribution >= 4 is 53.4 Å². The third-order valence-corrected chi connectivity index (χ3v) is 5.73. The molecule has 0 fully saturated rings. The van der Waals surface area contributed by atoms with Crippen molar-refractivity contribution in [3.05, 3.63) is 0 Å². The van der Waals surface area contributed by atoms with Crippen LogP contribution in [-0.2, 0) is 28.8 Å². The van der Waals surface area contributed by atoms with Gasteiger partial charge in [-0.25, -0.2) is 4.79 Å². The van der Waals surface area contributed by atoms with Crippen molar-refractivity contribution in [3.63, 3.8) is 0 Å². The Bertz CT molecular complexity index is 868. The monoisotopic (exact) mass is 563 g/mol. The molecule has 0 aliphatic rings. The number of rotatable bonds is 20. The third kappa shape index (κ3) is 15.5. The molecule has 0 rings (SSSR count). The normalized spacial score (nSPS) is 13.7. The zero-order valence-electron chi connectivity index (χ0n) is 21.1. The Labute approximate surface area is 223 Å². The van der Waals surface area contributed by atoms with E-state index in [1.807, 2.05) is 0 Å². The van der Waals surface area contributed by atoms with Crippen LogP contribution in [0.1, 0.15) is 44.9 Å². The number of amides is 3. The summed E-state index contributed by atoms with van der Waals surface area (Å²) in [5, 5.41) is 34.3. The Kier molecular flexibility index (Phi) is 16.9. The van der Waals surface area contributed by atoms with E-state index in [1.54, 1.807) is 6.26 Å². The number of nitrogens with one attached hydrogen (secondary N) is 3. The van der Waals surface area contributed by atoms with E-state index in [0.717, 1.165) is 0 Å². The second kappa shape index (κ2) is 18.6. The summed E-state index contributed by atoms with van der Waals surface area (Å²) >= 11 is 1.36. The molecule has 0 heterocycles. The van der Waals surface area contributed by atoms with Crippen LogP contribution in [0.15, 0.2) is 4.99 Å². The van der Waals surface area contributed by atoms with Crippen molar-refractivity contribution in [1.82, 2.24) is 16.0 Å². The van der Waals surface area contributed by atoms with Gasteiger partial charge in [0.1, 0.15) is 18.1 Å². The summed E-state index contributed by atoms with van der Waals surface area (Å²) in [6.07, 6.45) is 0.535. The maximum atomic E-state index is 12.9. The van der Waals surface area contributed by atoms with Gasteiger partial charge in [-0.2, -0.15) is 11.8 Å². The van der Waals surface area contributed by atoms with Gasteiger partial charge < -0.3 is 48.5 Å². The molecule has 4 unspecified atom stereocenters. The molecule has 16 nitrogen and oxygen atoms in total. The van der Waals surface area contributed by atoms with Crippen molar-refractivity contribution in [2.75, 3.05) is 18.6 Å². The SMILES string of the molecule is CSCCC(NC(=O)C(CCC(=O)O)NC(=O)C(CCC(=O)O)NC(=O)C(N)CCCN=C(N)N)C(=O)O. The average molecular weight is 564 g/mol. The van der Waals surface area contributed by atoms with Crippen molar-refractivity contribution in [2.24, 2.45) is 22.2 Å². The number of carboxylic acids is 3. The molecule has 0 aromatic rings. The first-order valence-corrected chi connectivity index (χ1v) is 13.0. The Morgan fingerprint density at radius 3 is 1.66 bits per heavy atom. The molecule has 0 saturated heterocycles. The third-order valence-electron chi connectivity index (χ3n) is 5.09. The lowest BCUT2D eigenvalue weighted by Crippen LogP contribution is -2.57. The van der Waals surface area contributed by atoms with Crippen LogP contribution in [0.25, 0.3) is 0 Å². The molecule has 0 aliphatic heterocycles. The minimum Gasteiger partial charge on any atom is -0.481 e. The Morgan fingerprint density at radius 1 is 0.763 bits per heavy atom. The standard InChI is InChI=1S/C21H37N7O9S/c1-38-10-8-14(20(36)37)28-19(35)13(5-7-16(31)32)27-18(34)12(4-6-15(29)30)26-17(33)11(22)3-2-9-25-21(23)24/h11-14H,2-10,22H2,1H3,(H,26,33)(H,27,34)(H,28,35)(H,29,30)(H,31,32)(H,36,37)(H4,23,24,25). The van der Waals surface area contributed by atoms with Crippen LogP contribution in [0.5, 0.6) is 0 Å². The molecular weight excluding hydrogens is 526 g/mol. The number of aliphatic imine (C=N–C) groups is 1. The molecule has 3 amide bonds. The molecule has 0 aromatic heterocycles. The summed E-state index contributed by atoms with van der Waals surface area (Å²) < 4.78 is 0. The quantitative estimate of drug-likeness (QED) is 0.0417. The Morgan fingerprint density at radius 2 is 1.24 bits per heavy atom. The van der Waals surface area contributed by atoms with Crippen molar-refractivity contribution in [2.45, 2.75) is 69.1 Å². The van der Waals surface area contributed by atoms with E-state index in [0.29, 0.717) is 12.2 Å². The van der Waals surface area contributed by atoms with Crippen LogP contribution < -0.4 is 33.2 Å². The molecule has 0 aromatic carbocycles. The second-order valence-corrected chi connectivity index (χ2v) is 9.21. The number of carbonyl (C=O) groups excluding carboxylic acids is 3. The number of carbonyl (C=O) groups is 6. The van der Waals surface area contributed by atoms with Crippen molar-refractivity contribution in [1.29, 1.82) is 0 Å². The van der Waals surface area contributed by atoms with E-state index in [-0.39, 0.29) is 38.2 Å². The van der Waals surface area contributed by atoms with Gasteiger partial charge in [0.15, 0.2) is 5.96 Å². The lowest BCUT2D eigenvalue weighted by Gasteiger charge is -2.25. The highest BCUT2D eigenvalue weighted by Gasteiger charge is 2.30. The van der Waals surface area contributed by atoms with Crippen molar-refractivity contribution < 1.29 is 44.1 Å². The lowest BCUT2D eigenvalue weighted by atomic mass is 10.1. The molecule has 0 spiro atoms. The molecule has 0 saturated carbocycles. The predicted octanol–water partition coefficient (Wildman–Crippen LogP) is -2.61. The molecule has 17 heteroatoms. The van der Waals surface area contributed by atoms with Gasteiger partial charge in [-0.3, -0.25) is 29.0 Å². The summed E-state index contributed by atoms with van der Waals surface area (Å²) in [6.45, 7) is 0.209. The minimum atomic E-state index is -1.47. The molecule has 0 radical (unpaired) electrons. The number of hydrogen-bond acceptors (Lipinski definition) is 9. The fourth-order valence-corrected chi connectivity index (χ4v) is 3.51. The first-order valence-electron chi connectivity index (χ1n) is 11.7. The zero-order valence-corrected chi connectivity index (χ0v) is 21.9. The van der Waals surface area contributed by atoms with E-state index in [2.05, 4.69) is 20.9 Å². The molecular formula is C21H37N7O9S. The summed E-state index contributed by atoms with van der Waals surface area (Å²) in [5.41, 5.74) is 16.3. The number of guanidine groups is 1. The van der Waals surface area contributed by atoms with Gasteiger partial charge in [-0.1, -0.05) is 0 Å². The Balaban J connectivity index is 5.53. The van der Waals surface area contributed by atoms with Gasteiger partial charge in [0.05, 0.1) is 6.04 Å². The molecule has 0 bridgehead atoms. The van der Waals surface area contributed by atoms with Gasteiger partial charge >= 0.3 is 17.9 Å². The van der Waals surface area contributed by atoms with Crippen LogP contribution in [-0.4, -0.2) is 99.6 Å².